The molecule has 0 radical (unpaired) electrons. The van der Waals surface area contributed by atoms with E-state index in [1.54, 1.807) is 12.1 Å². The van der Waals surface area contributed by atoms with Gasteiger partial charge in [-0.3, -0.25) is 9.59 Å². The zero-order valence-electron chi connectivity index (χ0n) is 17.5. The van der Waals surface area contributed by atoms with Crippen LogP contribution >= 0.6 is 0 Å². The third-order valence-corrected chi connectivity index (χ3v) is 5.55. The molecule has 6 nitrogen and oxygen atoms in total. The van der Waals surface area contributed by atoms with Gasteiger partial charge < -0.3 is 20.0 Å². The second-order valence-corrected chi connectivity index (χ2v) is 7.80. The van der Waals surface area contributed by atoms with E-state index in [9.17, 15) is 14.0 Å². The number of quaternary nitrogens is 2. The normalized spacial score (nSPS) is 18.6. The fourth-order valence-corrected chi connectivity index (χ4v) is 3.78. The maximum atomic E-state index is 13.0. The molecule has 30 heavy (non-hydrogen) atoms. The average molecular weight is 415 g/mol. The fraction of sp³-hybridized carbons (Fsp3) is 0.391. The Morgan fingerprint density at radius 1 is 0.933 bits per heavy atom. The maximum Gasteiger partial charge on any atom is 0.279 e. The summed E-state index contributed by atoms with van der Waals surface area (Å²) in [4.78, 5) is 29.4. The van der Waals surface area contributed by atoms with Gasteiger partial charge in [0.1, 0.15) is 32.0 Å². The summed E-state index contributed by atoms with van der Waals surface area (Å²) in [6.45, 7) is 7.67. The van der Waals surface area contributed by atoms with Gasteiger partial charge in [0.05, 0.1) is 0 Å². The lowest BCUT2D eigenvalue weighted by molar-refractivity contribution is -1.00. The predicted octanol–water partition coefficient (Wildman–Crippen LogP) is -0.404. The van der Waals surface area contributed by atoms with Crippen molar-refractivity contribution in [3.8, 4) is 0 Å². The minimum Gasteiger partial charge on any atom is -0.334 e. The van der Waals surface area contributed by atoms with Crippen LogP contribution in [-0.2, 0) is 16.1 Å². The molecule has 0 atom stereocenters. The monoisotopic (exact) mass is 414 g/mol. The number of amides is 2. The first-order chi connectivity index (χ1) is 14.5. The van der Waals surface area contributed by atoms with Crippen LogP contribution in [0.5, 0.6) is 0 Å². The molecule has 3 N–H and O–H groups in total. The number of likely N-dealkylation sites (N-methyl/N-ethyl adjacent to an activating group) is 1. The third-order valence-electron chi connectivity index (χ3n) is 5.55. The van der Waals surface area contributed by atoms with Gasteiger partial charge in [0, 0.05) is 18.8 Å². The largest absolute Gasteiger partial charge is 0.334 e. The van der Waals surface area contributed by atoms with Gasteiger partial charge in [-0.25, -0.2) is 4.39 Å². The molecule has 1 saturated heterocycles. The number of carbonyl (C=O) groups excluding carboxylic acids is 2. The number of nitrogens with zero attached hydrogens (tertiary/aromatic N) is 1. The van der Waals surface area contributed by atoms with Crippen molar-refractivity contribution in [2.45, 2.75) is 13.5 Å². The van der Waals surface area contributed by atoms with E-state index >= 15 is 0 Å². The van der Waals surface area contributed by atoms with Crippen LogP contribution in [0.4, 0.5) is 10.1 Å². The summed E-state index contributed by atoms with van der Waals surface area (Å²) >= 11 is 0. The SMILES string of the molecule is CCN(Cc1ccccc1)C(=O)C[NH+]1CC[NH+](CC(=O)Nc2ccc(F)cc2)CC1. The van der Waals surface area contributed by atoms with E-state index in [-0.39, 0.29) is 17.6 Å². The fourth-order valence-electron chi connectivity index (χ4n) is 3.78. The summed E-state index contributed by atoms with van der Waals surface area (Å²) in [5, 5.41) is 2.81. The summed E-state index contributed by atoms with van der Waals surface area (Å²) in [5.74, 6) is -0.220. The Kier molecular flexibility index (Phi) is 7.93. The van der Waals surface area contributed by atoms with Crippen LogP contribution in [0.25, 0.3) is 0 Å². The number of hydrogen-bond acceptors (Lipinski definition) is 2. The van der Waals surface area contributed by atoms with Crippen molar-refractivity contribution in [2.24, 2.45) is 0 Å². The van der Waals surface area contributed by atoms with E-state index in [1.807, 2.05) is 42.2 Å². The first-order valence-corrected chi connectivity index (χ1v) is 10.6. The van der Waals surface area contributed by atoms with Crippen molar-refractivity contribution in [2.75, 3.05) is 51.1 Å². The molecule has 0 unspecified atom stereocenters. The number of benzene rings is 2. The molecular formula is C23H31FN4O2+2. The van der Waals surface area contributed by atoms with Crippen LogP contribution < -0.4 is 15.1 Å². The standard InChI is InChI=1S/C23H29FN4O2/c1-2-28(16-19-6-4-3-5-7-19)23(30)18-27-14-12-26(13-15-27)17-22(29)25-21-10-8-20(24)9-11-21/h3-11H,2,12-18H2,1H3,(H,25,29)/p+2. The molecule has 0 aliphatic carbocycles. The molecular weight excluding hydrogens is 383 g/mol. The van der Waals surface area contributed by atoms with Crippen LogP contribution in [0.15, 0.2) is 54.6 Å². The van der Waals surface area contributed by atoms with Crippen LogP contribution in [0, 0.1) is 5.82 Å². The molecule has 1 aliphatic rings. The van der Waals surface area contributed by atoms with Crippen LogP contribution in [0.2, 0.25) is 0 Å². The molecule has 0 spiro atoms. The topological polar surface area (TPSA) is 58.3 Å². The van der Waals surface area contributed by atoms with Crippen molar-refractivity contribution in [3.63, 3.8) is 0 Å². The number of nitrogens with one attached hydrogen (secondary N) is 3. The molecule has 0 aromatic heterocycles. The summed E-state index contributed by atoms with van der Waals surface area (Å²) in [6, 6.07) is 15.8. The Bertz CT molecular complexity index is 821. The van der Waals surface area contributed by atoms with Crippen molar-refractivity contribution >= 4 is 17.5 Å². The van der Waals surface area contributed by atoms with Gasteiger partial charge in [-0.15, -0.1) is 0 Å². The molecule has 160 valence electrons. The number of piperazine rings is 1. The quantitative estimate of drug-likeness (QED) is 0.551. The lowest BCUT2D eigenvalue weighted by atomic mass is 10.2. The van der Waals surface area contributed by atoms with Crippen molar-refractivity contribution in [1.82, 2.24) is 4.90 Å². The zero-order chi connectivity index (χ0) is 21.3. The summed E-state index contributed by atoms with van der Waals surface area (Å²) in [5.41, 5.74) is 1.75. The van der Waals surface area contributed by atoms with E-state index in [0.29, 0.717) is 31.9 Å². The molecule has 1 fully saturated rings. The summed E-state index contributed by atoms with van der Waals surface area (Å²) < 4.78 is 13.0. The Labute approximate surface area is 177 Å². The second kappa shape index (κ2) is 10.8. The molecule has 1 aliphatic heterocycles. The highest BCUT2D eigenvalue weighted by atomic mass is 19.1. The Balaban J connectivity index is 1.40. The average Bonchev–Trinajstić information content (AvgIpc) is 2.75. The highest BCUT2D eigenvalue weighted by Crippen LogP contribution is 2.07. The van der Waals surface area contributed by atoms with Crippen LogP contribution in [-0.4, -0.2) is 62.5 Å². The van der Waals surface area contributed by atoms with Gasteiger partial charge in [0.15, 0.2) is 13.1 Å². The van der Waals surface area contributed by atoms with E-state index in [0.717, 1.165) is 31.7 Å². The second-order valence-electron chi connectivity index (χ2n) is 7.80. The molecule has 2 aromatic rings. The molecule has 2 amide bonds. The summed E-state index contributed by atoms with van der Waals surface area (Å²) in [6.07, 6.45) is 0. The maximum absolute atomic E-state index is 13.0. The Morgan fingerprint density at radius 2 is 1.53 bits per heavy atom. The number of rotatable bonds is 8. The molecule has 2 aromatic carbocycles. The first kappa shape index (κ1) is 21.9. The van der Waals surface area contributed by atoms with Gasteiger partial charge in [0.25, 0.3) is 11.8 Å². The van der Waals surface area contributed by atoms with Crippen molar-refractivity contribution in [3.05, 3.63) is 66.0 Å². The highest BCUT2D eigenvalue weighted by Gasteiger charge is 2.27. The number of hydrogen-bond donors (Lipinski definition) is 3. The van der Waals surface area contributed by atoms with E-state index in [1.165, 1.54) is 21.9 Å². The van der Waals surface area contributed by atoms with E-state index in [2.05, 4.69) is 5.32 Å². The zero-order valence-corrected chi connectivity index (χ0v) is 17.5. The minimum atomic E-state index is -0.322. The molecule has 7 heteroatoms. The number of anilines is 1. The molecule has 3 rings (SSSR count). The van der Waals surface area contributed by atoms with Gasteiger partial charge in [0.2, 0.25) is 0 Å². The molecule has 1 heterocycles. The smallest absolute Gasteiger partial charge is 0.279 e. The first-order valence-electron chi connectivity index (χ1n) is 10.6. The Hall–Kier alpha value is -2.77. The number of carbonyl (C=O) groups is 2. The number of halogens is 1. The van der Waals surface area contributed by atoms with E-state index in [4.69, 9.17) is 0 Å². The molecule has 0 bridgehead atoms. The Morgan fingerprint density at radius 3 is 2.13 bits per heavy atom. The van der Waals surface area contributed by atoms with Gasteiger partial charge in [-0.2, -0.15) is 0 Å². The lowest BCUT2D eigenvalue weighted by Crippen LogP contribution is -3.28. The van der Waals surface area contributed by atoms with Gasteiger partial charge >= 0.3 is 0 Å². The van der Waals surface area contributed by atoms with Gasteiger partial charge in [-0.1, -0.05) is 30.3 Å². The molecule has 0 saturated carbocycles. The van der Waals surface area contributed by atoms with Crippen LogP contribution in [0.3, 0.4) is 0 Å². The van der Waals surface area contributed by atoms with Crippen molar-refractivity contribution < 1.29 is 23.8 Å². The predicted molar refractivity (Wildman–Crippen MR) is 114 cm³/mol. The van der Waals surface area contributed by atoms with Crippen molar-refractivity contribution in [1.29, 1.82) is 0 Å². The summed E-state index contributed by atoms with van der Waals surface area (Å²) in [7, 11) is 0. The lowest BCUT2D eigenvalue weighted by Gasteiger charge is -2.30. The highest BCUT2D eigenvalue weighted by molar-refractivity contribution is 5.91. The third kappa shape index (κ3) is 6.64. The van der Waals surface area contributed by atoms with E-state index < -0.39 is 0 Å². The van der Waals surface area contributed by atoms with Gasteiger partial charge in [-0.05, 0) is 36.8 Å². The minimum absolute atomic E-state index is 0.0730. The van der Waals surface area contributed by atoms with Crippen LogP contribution in [0.1, 0.15) is 12.5 Å².